The monoisotopic (exact) mass is 244 g/mol. The van der Waals surface area contributed by atoms with E-state index in [4.69, 9.17) is 4.74 Å². The zero-order valence-electron chi connectivity index (χ0n) is 8.80. The van der Waals surface area contributed by atoms with Gasteiger partial charge in [-0.3, -0.25) is 4.79 Å². The van der Waals surface area contributed by atoms with Gasteiger partial charge >= 0.3 is 5.97 Å². The van der Waals surface area contributed by atoms with Gasteiger partial charge in [-0.1, -0.05) is 6.07 Å². The molecule has 2 aromatic rings. The molecule has 84 valence electrons. The molecule has 0 aliphatic carbocycles. The Morgan fingerprint density at radius 2 is 2.12 bits per heavy atom. The fraction of sp³-hybridized carbons (Fsp3) is 0.0769. The summed E-state index contributed by atoms with van der Waals surface area (Å²) in [6.45, 7) is 0.340. The first-order chi connectivity index (χ1) is 8.28. The van der Waals surface area contributed by atoms with Crippen molar-refractivity contribution in [2.45, 2.75) is 6.61 Å². The summed E-state index contributed by atoms with van der Waals surface area (Å²) in [6, 6.07) is 7.44. The van der Waals surface area contributed by atoms with Gasteiger partial charge in [-0.25, -0.2) is 4.79 Å². The van der Waals surface area contributed by atoms with Crippen molar-refractivity contribution in [1.82, 2.24) is 0 Å². The van der Waals surface area contributed by atoms with Gasteiger partial charge in [0.25, 0.3) is 0 Å². The number of ether oxygens (including phenoxy) is 1. The van der Waals surface area contributed by atoms with E-state index in [-0.39, 0.29) is 5.97 Å². The van der Waals surface area contributed by atoms with Crippen LogP contribution >= 0.6 is 11.3 Å². The van der Waals surface area contributed by atoms with Crippen molar-refractivity contribution < 1.29 is 14.3 Å². The van der Waals surface area contributed by atoms with Crippen molar-refractivity contribution in [3.63, 3.8) is 0 Å². The second-order valence-electron chi connectivity index (χ2n) is 3.80. The van der Waals surface area contributed by atoms with Gasteiger partial charge in [0.05, 0.1) is 10.4 Å². The van der Waals surface area contributed by atoms with Gasteiger partial charge in [0, 0.05) is 5.56 Å². The van der Waals surface area contributed by atoms with Crippen LogP contribution in [0.1, 0.15) is 25.6 Å². The Labute approximate surface area is 102 Å². The number of thiophene rings is 1. The average molecular weight is 244 g/mol. The summed E-state index contributed by atoms with van der Waals surface area (Å²) in [6.07, 6.45) is 0.841. The molecule has 0 amide bonds. The maximum absolute atomic E-state index is 11.3. The molecule has 2 heterocycles. The van der Waals surface area contributed by atoms with Gasteiger partial charge < -0.3 is 4.74 Å². The fourth-order valence-electron chi connectivity index (χ4n) is 1.88. The number of hydrogen-bond acceptors (Lipinski definition) is 4. The third-order valence-corrected chi connectivity index (χ3v) is 3.61. The molecule has 1 aromatic carbocycles. The number of carbonyl (C=O) groups excluding carboxylic acids is 2. The standard InChI is InChI=1S/C13H8O3S/c14-5-11-4-10(7-17-11)8-1-2-12-9(3-8)6-16-13(12)15/h1-5,7H,6H2. The van der Waals surface area contributed by atoms with Gasteiger partial charge in [0.1, 0.15) is 6.61 Å². The van der Waals surface area contributed by atoms with Crippen LogP contribution in [-0.2, 0) is 11.3 Å². The summed E-state index contributed by atoms with van der Waals surface area (Å²) in [5.41, 5.74) is 3.55. The number of cyclic esters (lactones) is 1. The van der Waals surface area contributed by atoms with E-state index in [1.807, 2.05) is 23.6 Å². The first-order valence-electron chi connectivity index (χ1n) is 5.12. The molecule has 0 bridgehead atoms. The molecule has 3 rings (SSSR count). The largest absolute Gasteiger partial charge is 0.457 e. The fourth-order valence-corrected chi connectivity index (χ4v) is 2.60. The van der Waals surface area contributed by atoms with E-state index in [1.54, 1.807) is 6.07 Å². The summed E-state index contributed by atoms with van der Waals surface area (Å²) >= 11 is 1.41. The minimum absolute atomic E-state index is 0.259. The number of benzene rings is 1. The van der Waals surface area contributed by atoms with E-state index < -0.39 is 0 Å². The smallest absolute Gasteiger partial charge is 0.338 e. The summed E-state index contributed by atoms with van der Waals surface area (Å²) in [5, 5.41) is 1.93. The number of rotatable bonds is 2. The second-order valence-corrected chi connectivity index (χ2v) is 4.75. The molecule has 4 heteroatoms. The Morgan fingerprint density at radius 3 is 2.88 bits per heavy atom. The highest BCUT2D eigenvalue weighted by molar-refractivity contribution is 7.12. The molecule has 0 unspecified atom stereocenters. The Bertz CT molecular complexity index is 613. The molecule has 0 spiro atoms. The van der Waals surface area contributed by atoms with E-state index in [9.17, 15) is 9.59 Å². The molecular weight excluding hydrogens is 236 g/mol. The van der Waals surface area contributed by atoms with Gasteiger partial charge in [-0.2, -0.15) is 0 Å². The molecule has 3 nitrogen and oxygen atoms in total. The molecule has 17 heavy (non-hydrogen) atoms. The van der Waals surface area contributed by atoms with Gasteiger partial charge in [-0.15, -0.1) is 11.3 Å². The summed E-state index contributed by atoms with van der Waals surface area (Å²) < 4.78 is 4.95. The minimum Gasteiger partial charge on any atom is -0.457 e. The highest BCUT2D eigenvalue weighted by Crippen LogP contribution is 2.29. The van der Waals surface area contributed by atoms with E-state index >= 15 is 0 Å². The van der Waals surface area contributed by atoms with Crippen LogP contribution in [0.5, 0.6) is 0 Å². The normalized spacial score (nSPS) is 13.3. The van der Waals surface area contributed by atoms with Crippen LogP contribution in [-0.4, -0.2) is 12.3 Å². The van der Waals surface area contributed by atoms with Crippen molar-refractivity contribution in [3.05, 3.63) is 45.6 Å². The first-order valence-corrected chi connectivity index (χ1v) is 6.00. The number of carbonyl (C=O) groups is 2. The Hall–Kier alpha value is -1.94. The predicted octanol–water partition coefficient (Wildman–Crippen LogP) is 2.90. The van der Waals surface area contributed by atoms with Crippen LogP contribution in [0.3, 0.4) is 0 Å². The maximum atomic E-state index is 11.3. The number of aldehydes is 1. The zero-order chi connectivity index (χ0) is 11.8. The molecule has 0 fully saturated rings. The van der Waals surface area contributed by atoms with E-state index in [0.29, 0.717) is 17.0 Å². The molecule has 1 aromatic heterocycles. The predicted molar refractivity (Wildman–Crippen MR) is 64.3 cm³/mol. The average Bonchev–Trinajstić information content (AvgIpc) is 2.96. The lowest BCUT2D eigenvalue weighted by Crippen LogP contribution is -1.92. The molecule has 0 N–H and O–H groups in total. The van der Waals surface area contributed by atoms with Crippen molar-refractivity contribution in [3.8, 4) is 11.1 Å². The van der Waals surface area contributed by atoms with Crippen molar-refractivity contribution in [2.75, 3.05) is 0 Å². The zero-order valence-corrected chi connectivity index (χ0v) is 9.62. The Balaban J connectivity index is 2.05. The Morgan fingerprint density at radius 1 is 1.24 bits per heavy atom. The highest BCUT2D eigenvalue weighted by Gasteiger charge is 2.21. The van der Waals surface area contributed by atoms with Gasteiger partial charge in [-0.05, 0) is 34.7 Å². The van der Waals surface area contributed by atoms with E-state index in [0.717, 1.165) is 23.0 Å². The molecule has 0 saturated heterocycles. The van der Waals surface area contributed by atoms with Crippen molar-refractivity contribution >= 4 is 23.6 Å². The van der Waals surface area contributed by atoms with Gasteiger partial charge in [0.2, 0.25) is 0 Å². The number of esters is 1. The van der Waals surface area contributed by atoms with E-state index in [1.165, 1.54) is 11.3 Å². The highest BCUT2D eigenvalue weighted by atomic mass is 32.1. The molecule has 0 radical (unpaired) electrons. The number of fused-ring (bicyclic) bond motifs is 1. The van der Waals surface area contributed by atoms with Crippen LogP contribution in [0.2, 0.25) is 0 Å². The molecule has 0 atom stereocenters. The van der Waals surface area contributed by atoms with Crippen LogP contribution in [0.15, 0.2) is 29.6 Å². The Kier molecular flexibility index (Phi) is 2.30. The lowest BCUT2D eigenvalue weighted by Gasteiger charge is -1.99. The van der Waals surface area contributed by atoms with Crippen LogP contribution in [0, 0.1) is 0 Å². The topological polar surface area (TPSA) is 43.4 Å². The summed E-state index contributed by atoms with van der Waals surface area (Å²) in [4.78, 5) is 22.6. The quantitative estimate of drug-likeness (QED) is 0.602. The lowest BCUT2D eigenvalue weighted by atomic mass is 10.0. The molecular formula is C13H8O3S. The second kappa shape index (κ2) is 3.82. The van der Waals surface area contributed by atoms with Crippen LogP contribution in [0.4, 0.5) is 0 Å². The first kappa shape index (κ1) is 10.2. The SMILES string of the molecule is O=Cc1cc(-c2ccc3c(c2)COC3=O)cs1. The molecule has 1 aliphatic heterocycles. The van der Waals surface area contributed by atoms with Crippen molar-refractivity contribution in [2.24, 2.45) is 0 Å². The van der Waals surface area contributed by atoms with E-state index in [2.05, 4.69) is 0 Å². The van der Waals surface area contributed by atoms with Gasteiger partial charge in [0.15, 0.2) is 6.29 Å². The minimum atomic E-state index is -0.259. The van der Waals surface area contributed by atoms with Crippen LogP contribution in [0.25, 0.3) is 11.1 Å². The molecule has 1 aliphatic rings. The number of hydrogen-bond donors (Lipinski definition) is 0. The third kappa shape index (κ3) is 1.66. The summed E-state index contributed by atoms with van der Waals surface area (Å²) in [7, 11) is 0. The molecule has 0 saturated carbocycles. The maximum Gasteiger partial charge on any atom is 0.338 e. The lowest BCUT2D eigenvalue weighted by molar-refractivity contribution is 0.0535. The summed E-state index contributed by atoms with van der Waals surface area (Å²) in [5.74, 6) is -0.259. The van der Waals surface area contributed by atoms with Crippen LogP contribution < -0.4 is 0 Å². The van der Waals surface area contributed by atoms with Crippen molar-refractivity contribution in [1.29, 1.82) is 0 Å². The third-order valence-electron chi connectivity index (χ3n) is 2.75.